The Kier molecular flexibility index (Phi) is 5.15. The van der Waals surface area contributed by atoms with Crippen molar-refractivity contribution in [2.45, 2.75) is 41.6 Å². The number of rotatable bonds is 4. The molecule has 0 aliphatic carbocycles. The molecule has 3 fully saturated rings. The summed E-state index contributed by atoms with van der Waals surface area (Å²) in [6.45, 7) is 4.54. The van der Waals surface area contributed by atoms with Gasteiger partial charge in [0.1, 0.15) is 6.07 Å². The molecule has 138 valence electrons. The fourth-order valence-corrected chi connectivity index (χ4v) is 4.97. The summed E-state index contributed by atoms with van der Waals surface area (Å²) in [7, 11) is 0. The van der Waals surface area contributed by atoms with Gasteiger partial charge in [0.15, 0.2) is 0 Å². The first-order chi connectivity index (χ1) is 13.1. The molecule has 0 saturated carbocycles. The van der Waals surface area contributed by atoms with Gasteiger partial charge in [-0.3, -0.25) is 14.7 Å². The molecule has 1 aromatic carbocycles. The van der Waals surface area contributed by atoms with Crippen LogP contribution in [0.3, 0.4) is 0 Å². The van der Waals surface area contributed by atoms with Crippen molar-refractivity contribution in [1.82, 2.24) is 15.2 Å². The van der Waals surface area contributed by atoms with E-state index < -0.39 is 0 Å². The van der Waals surface area contributed by atoms with Gasteiger partial charge in [-0.2, -0.15) is 5.26 Å². The zero-order chi connectivity index (χ0) is 18.8. The summed E-state index contributed by atoms with van der Waals surface area (Å²) >= 11 is 1.53. The zero-order valence-electron chi connectivity index (χ0n) is 15.3. The molecule has 27 heavy (non-hydrogen) atoms. The second-order valence-electron chi connectivity index (χ2n) is 7.26. The van der Waals surface area contributed by atoms with Gasteiger partial charge in [0.05, 0.1) is 5.56 Å². The standard InChI is InChI=1S/C21H22N4OS/c1-14-20(16-6-8-25(14)9-7-16)24-21(26)17-2-4-18(5-3-17)27-19-10-15(11-22)12-23-13-19/h2-5,10,12-14,16,20H,6-9H2,1H3,(H,24,26). The van der Waals surface area contributed by atoms with Crippen molar-refractivity contribution in [3.63, 3.8) is 0 Å². The summed E-state index contributed by atoms with van der Waals surface area (Å²) in [6, 6.07) is 12.2. The Morgan fingerprint density at radius 3 is 2.63 bits per heavy atom. The number of hydrogen-bond donors (Lipinski definition) is 1. The summed E-state index contributed by atoms with van der Waals surface area (Å²) in [5.41, 5.74) is 1.23. The van der Waals surface area contributed by atoms with E-state index in [0.717, 1.165) is 22.9 Å². The highest BCUT2D eigenvalue weighted by Crippen LogP contribution is 2.32. The van der Waals surface area contributed by atoms with Crippen LogP contribution in [0.5, 0.6) is 0 Å². The molecule has 2 aromatic rings. The first kappa shape index (κ1) is 18.0. The van der Waals surface area contributed by atoms with Crippen LogP contribution in [0.1, 0.15) is 35.7 Å². The van der Waals surface area contributed by atoms with Gasteiger partial charge in [0, 0.05) is 39.8 Å². The highest BCUT2D eigenvalue weighted by atomic mass is 32.2. The van der Waals surface area contributed by atoms with E-state index in [2.05, 4.69) is 28.2 Å². The molecule has 3 aliphatic heterocycles. The van der Waals surface area contributed by atoms with Crippen LogP contribution in [0.15, 0.2) is 52.5 Å². The summed E-state index contributed by atoms with van der Waals surface area (Å²) in [5.74, 6) is 0.606. The van der Waals surface area contributed by atoms with Crippen LogP contribution in [0.25, 0.3) is 0 Å². The van der Waals surface area contributed by atoms with E-state index >= 15 is 0 Å². The quantitative estimate of drug-likeness (QED) is 0.884. The van der Waals surface area contributed by atoms with Crippen LogP contribution in [-0.4, -0.2) is 41.0 Å². The van der Waals surface area contributed by atoms with Crippen LogP contribution in [0.2, 0.25) is 0 Å². The molecule has 0 radical (unpaired) electrons. The van der Waals surface area contributed by atoms with E-state index in [1.165, 1.54) is 24.6 Å². The lowest BCUT2D eigenvalue weighted by molar-refractivity contribution is 0.0217. The number of nitrogens with one attached hydrogen (secondary N) is 1. The average molecular weight is 379 g/mol. The van der Waals surface area contributed by atoms with Crippen molar-refractivity contribution in [2.24, 2.45) is 5.92 Å². The minimum absolute atomic E-state index is 0.00490. The number of amides is 1. The number of aromatic nitrogens is 1. The Hall–Kier alpha value is -2.36. The van der Waals surface area contributed by atoms with E-state index in [1.807, 2.05) is 30.3 Å². The largest absolute Gasteiger partial charge is 0.347 e. The molecule has 1 N–H and O–H groups in total. The van der Waals surface area contributed by atoms with Crippen LogP contribution in [0.4, 0.5) is 0 Å². The van der Waals surface area contributed by atoms with E-state index in [9.17, 15) is 4.79 Å². The molecule has 3 saturated heterocycles. The number of benzene rings is 1. The number of nitriles is 1. The van der Waals surface area contributed by atoms with Crippen LogP contribution < -0.4 is 5.32 Å². The van der Waals surface area contributed by atoms with Crippen LogP contribution >= 0.6 is 11.8 Å². The minimum atomic E-state index is 0.00490. The molecular formula is C21H22N4OS. The molecule has 5 nitrogen and oxygen atoms in total. The summed E-state index contributed by atoms with van der Waals surface area (Å²) in [6.07, 6.45) is 5.65. The van der Waals surface area contributed by atoms with Gasteiger partial charge in [-0.25, -0.2) is 0 Å². The topological polar surface area (TPSA) is 69.0 Å². The molecule has 3 aliphatic rings. The Morgan fingerprint density at radius 2 is 1.96 bits per heavy atom. The Bertz CT molecular complexity index is 866. The zero-order valence-corrected chi connectivity index (χ0v) is 16.1. The first-order valence-corrected chi connectivity index (χ1v) is 10.1. The number of nitrogens with zero attached hydrogens (tertiary/aromatic N) is 3. The van der Waals surface area contributed by atoms with Crippen molar-refractivity contribution < 1.29 is 4.79 Å². The first-order valence-electron chi connectivity index (χ1n) is 9.32. The molecule has 2 unspecified atom stereocenters. The molecule has 0 spiro atoms. The summed E-state index contributed by atoms with van der Waals surface area (Å²) in [5, 5.41) is 12.2. The van der Waals surface area contributed by atoms with E-state index in [-0.39, 0.29) is 11.9 Å². The minimum Gasteiger partial charge on any atom is -0.347 e. The summed E-state index contributed by atoms with van der Waals surface area (Å²) < 4.78 is 0. The highest BCUT2D eigenvalue weighted by molar-refractivity contribution is 7.99. The number of carbonyl (C=O) groups is 1. The SMILES string of the molecule is CC1C(NC(=O)c2ccc(Sc3cncc(C#N)c3)cc2)C2CCN1CC2. The van der Waals surface area contributed by atoms with Crippen molar-refractivity contribution in [3.8, 4) is 6.07 Å². The second kappa shape index (κ2) is 7.71. The number of hydrogen-bond acceptors (Lipinski definition) is 5. The number of fused-ring (bicyclic) bond motifs is 3. The van der Waals surface area contributed by atoms with Gasteiger partial charge in [0.25, 0.3) is 5.91 Å². The predicted molar refractivity (Wildman–Crippen MR) is 105 cm³/mol. The van der Waals surface area contributed by atoms with Crippen molar-refractivity contribution in [1.29, 1.82) is 5.26 Å². The number of carbonyl (C=O) groups excluding carboxylic acids is 1. The van der Waals surface area contributed by atoms with Crippen molar-refractivity contribution >= 4 is 17.7 Å². The lowest BCUT2D eigenvalue weighted by Crippen LogP contribution is -2.62. The van der Waals surface area contributed by atoms with Crippen molar-refractivity contribution in [2.75, 3.05) is 13.1 Å². The molecule has 4 heterocycles. The Labute approximate surface area is 163 Å². The molecule has 6 heteroatoms. The smallest absolute Gasteiger partial charge is 0.251 e. The highest BCUT2D eigenvalue weighted by Gasteiger charge is 2.40. The number of piperidine rings is 3. The maximum Gasteiger partial charge on any atom is 0.251 e. The van der Waals surface area contributed by atoms with Crippen LogP contribution in [0, 0.1) is 17.2 Å². The summed E-state index contributed by atoms with van der Waals surface area (Å²) in [4.78, 5) is 21.2. The van der Waals surface area contributed by atoms with Gasteiger partial charge < -0.3 is 5.32 Å². The van der Waals surface area contributed by atoms with Crippen LogP contribution in [-0.2, 0) is 0 Å². The normalized spacial score (nSPS) is 26.4. The maximum atomic E-state index is 12.7. The van der Waals surface area contributed by atoms with Gasteiger partial charge in [-0.1, -0.05) is 11.8 Å². The van der Waals surface area contributed by atoms with E-state index in [1.54, 1.807) is 12.4 Å². The fraction of sp³-hybridized carbons (Fsp3) is 0.381. The van der Waals surface area contributed by atoms with Gasteiger partial charge >= 0.3 is 0 Å². The fourth-order valence-electron chi connectivity index (χ4n) is 4.13. The lowest BCUT2D eigenvalue weighted by atomic mass is 9.79. The molecule has 5 rings (SSSR count). The molecule has 1 aromatic heterocycles. The second-order valence-corrected chi connectivity index (χ2v) is 8.41. The monoisotopic (exact) mass is 378 g/mol. The van der Waals surface area contributed by atoms with Gasteiger partial charge in [-0.15, -0.1) is 0 Å². The van der Waals surface area contributed by atoms with Crippen molar-refractivity contribution in [3.05, 3.63) is 53.9 Å². The lowest BCUT2D eigenvalue weighted by Gasteiger charge is -2.49. The van der Waals surface area contributed by atoms with Gasteiger partial charge in [-0.05, 0) is 69.1 Å². The predicted octanol–water partition coefficient (Wildman–Crippen LogP) is 3.32. The average Bonchev–Trinajstić information content (AvgIpc) is 2.71. The Balaban J connectivity index is 1.41. The molecule has 2 atom stereocenters. The molecular weight excluding hydrogens is 356 g/mol. The maximum absolute atomic E-state index is 12.7. The Morgan fingerprint density at radius 1 is 1.22 bits per heavy atom. The third-order valence-electron chi connectivity index (χ3n) is 5.67. The van der Waals surface area contributed by atoms with Gasteiger partial charge in [0.2, 0.25) is 0 Å². The number of pyridine rings is 1. The third-order valence-corrected chi connectivity index (χ3v) is 6.64. The molecule has 1 amide bonds. The van der Waals surface area contributed by atoms with E-state index in [4.69, 9.17) is 5.26 Å². The van der Waals surface area contributed by atoms with E-state index in [0.29, 0.717) is 23.1 Å². The third kappa shape index (κ3) is 3.85. The molecule has 2 bridgehead atoms.